The first-order valence-corrected chi connectivity index (χ1v) is 8.11. The molecule has 1 unspecified atom stereocenters. The fraction of sp³-hybridized carbons (Fsp3) is 0.636. The molecule has 0 saturated carbocycles. The minimum absolute atomic E-state index is 0.478. The molecule has 1 aromatic rings. The van der Waals surface area contributed by atoms with E-state index in [1.165, 1.54) is 14.2 Å². The largest absolute Gasteiger partial charge is 0.388 e. The second-order valence-electron chi connectivity index (χ2n) is 4.30. The number of thioether (sulfide) groups is 1. The van der Waals surface area contributed by atoms with Crippen LogP contribution in [0.4, 0.5) is 0 Å². The molecule has 0 aliphatic carbocycles. The Kier molecular flexibility index (Phi) is 4.35. The van der Waals surface area contributed by atoms with Crippen LogP contribution in [-0.4, -0.2) is 28.8 Å². The quantitative estimate of drug-likeness (QED) is 0.894. The summed E-state index contributed by atoms with van der Waals surface area (Å²) in [5, 5.41) is 13.5. The number of halogens is 1. The molecule has 1 aliphatic rings. The SMILES string of the molecule is Cc1cc(CNCC2(O)CCSC2)sc1Br. The summed E-state index contributed by atoms with van der Waals surface area (Å²) in [7, 11) is 0. The lowest BCUT2D eigenvalue weighted by Gasteiger charge is -2.21. The molecular formula is C11H16BrNOS2. The molecule has 0 aromatic carbocycles. The lowest BCUT2D eigenvalue weighted by Crippen LogP contribution is -2.40. The summed E-state index contributed by atoms with van der Waals surface area (Å²) < 4.78 is 1.21. The van der Waals surface area contributed by atoms with Gasteiger partial charge in [-0.05, 0) is 46.7 Å². The van der Waals surface area contributed by atoms with Gasteiger partial charge in [-0.3, -0.25) is 0 Å². The van der Waals surface area contributed by atoms with Crippen molar-refractivity contribution in [1.82, 2.24) is 5.32 Å². The maximum absolute atomic E-state index is 10.1. The van der Waals surface area contributed by atoms with Gasteiger partial charge in [0.1, 0.15) is 0 Å². The number of hydrogen-bond acceptors (Lipinski definition) is 4. The highest BCUT2D eigenvalue weighted by Gasteiger charge is 2.30. The van der Waals surface area contributed by atoms with Crippen LogP contribution in [0.2, 0.25) is 0 Å². The van der Waals surface area contributed by atoms with Crippen molar-refractivity contribution in [2.24, 2.45) is 0 Å². The molecule has 0 spiro atoms. The molecule has 1 aromatic heterocycles. The maximum atomic E-state index is 10.1. The molecular weight excluding hydrogens is 306 g/mol. The van der Waals surface area contributed by atoms with Gasteiger partial charge in [0, 0.05) is 23.7 Å². The first-order valence-electron chi connectivity index (χ1n) is 5.35. The van der Waals surface area contributed by atoms with E-state index in [9.17, 15) is 5.11 Å². The van der Waals surface area contributed by atoms with Gasteiger partial charge in [0.15, 0.2) is 0 Å². The van der Waals surface area contributed by atoms with E-state index < -0.39 is 5.60 Å². The summed E-state index contributed by atoms with van der Waals surface area (Å²) in [5.41, 5.74) is 0.811. The average Bonchev–Trinajstić information content (AvgIpc) is 2.76. The minimum Gasteiger partial charge on any atom is -0.388 e. The van der Waals surface area contributed by atoms with Crippen molar-refractivity contribution in [2.75, 3.05) is 18.1 Å². The van der Waals surface area contributed by atoms with Crippen molar-refractivity contribution < 1.29 is 5.11 Å². The Bertz CT molecular complexity index is 341. The van der Waals surface area contributed by atoms with Gasteiger partial charge in [-0.15, -0.1) is 11.3 Å². The molecule has 2 rings (SSSR count). The van der Waals surface area contributed by atoms with E-state index >= 15 is 0 Å². The van der Waals surface area contributed by atoms with Crippen LogP contribution in [0.3, 0.4) is 0 Å². The van der Waals surface area contributed by atoms with Crippen molar-refractivity contribution in [3.8, 4) is 0 Å². The first kappa shape index (κ1) is 12.9. The zero-order chi connectivity index (χ0) is 11.6. The van der Waals surface area contributed by atoms with Gasteiger partial charge in [-0.1, -0.05) is 0 Å². The van der Waals surface area contributed by atoms with Crippen LogP contribution in [0.25, 0.3) is 0 Å². The highest BCUT2D eigenvalue weighted by atomic mass is 79.9. The van der Waals surface area contributed by atoms with E-state index in [2.05, 4.69) is 34.2 Å². The zero-order valence-electron chi connectivity index (χ0n) is 9.25. The van der Waals surface area contributed by atoms with Crippen LogP contribution in [0.1, 0.15) is 16.9 Å². The van der Waals surface area contributed by atoms with Crippen molar-refractivity contribution in [2.45, 2.75) is 25.5 Å². The summed E-state index contributed by atoms with van der Waals surface area (Å²) in [4.78, 5) is 1.32. The van der Waals surface area contributed by atoms with Crippen LogP contribution >= 0.6 is 39.0 Å². The molecule has 2 heterocycles. The second kappa shape index (κ2) is 5.40. The van der Waals surface area contributed by atoms with Crippen molar-refractivity contribution in [3.63, 3.8) is 0 Å². The fourth-order valence-corrected chi connectivity index (χ4v) is 4.66. The standard InChI is InChI=1S/C11H16BrNOS2/c1-8-4-9(16-10(8)12)5-13-6-11(14)2-3-15-7-11/h4,13-14H,2-3,5-7H2,1H3. The van der Waals surface area contributed by atoms with E-state index in [0.717, 1.165) is 24.5 Å². The highest BCUT2D eigenvalue weighted by Crippen LogP contribution is 2.28. The number of hydrogen-bond donors (Lipinski definition) is 2. The number of nitrogens with one attached hydrogen (secondary N) is 1. The Hall–Kier alpha value is 0.450. The summed E-state index contributed by atoms with van der Waals surface area (Å²) in [6.45, 7) is 3.66. The number of aryl methyl sites for hydroxylation is 1. The normalized spacial score (nSPS) is 25.2. The maximum Gasteiger partial charge on any atom is 0.0869 e. The minimum atomic E-state index is -0.478. The molecule has 2 N–H and O–H groups in total. The molecule has 5 heteroatoms. The molecule has 1 atom stereocenters. The summed E-state index contributed by atoms with van der Waals surface area (Å²) in [5.74, 6) is 1.95. The monoisotopic (exact) mass is 321 g/mol. The summed E-state index contributed by atoms with van der Waals surface area (Å²) in [6, 6.07) is 2.19. The molecule has 0 amide bonds. The van der Waals surface area contributed by atoms with Crippen molar-refractivity contribution in [1.29, 1.82) is 0 Å². The summed E-state index contributed by atoms with van der Waals surface area (Å²) in [6.07, 6.45) is 0.915. The van der Waals surface area contributed by atoms with Gasteiger partial charge in [0.05, 0.1) is 9.39 Å². The zero-order valence-corrected chi connectivity index (χ0v) is 12.5. The molecule has 2 nitrogen and oxygen atoms in total. The van der Waals surface area contributed by atoms with E-state index in [-0.39, 0.29) is 0 Å². The lowest BCUT2D eigenvalue weighted by atomic mass is 10.0. The van der Waals surface area contributed by atoms with E-state index in [1.54, 1.807) is 11.3 Å². The number of thiophene rings is 1. The van der Waals surface area contributed by atoms with Crippen LogP contribution in [0, 0.1) is 6.92 Å². The first-order chi connectivity index (χ1) is 7.59. The molecule has 1 fully saturated rings. The Balaban J connectivity index is 1.79. The number of aliphatic hydroxyl groups is 1. The Labute approximate surface area is 113 Å². The molecule has 1 aliphatic heterocycles. The summed E-state index contributed by atoms with van der Waals surface area (Å²) >= 11 is 7.12. The van der Waals surface area contributed by atoms with Gasteiger partial charge in [-0.2, -0.15) is 11.8 Å². The van der Waals surface area contributed by atoms with Gasteiger partial charge in [0.2, 0.25) is 0 Å². The van der Waals surface area contributed by atoms with E-state index in [4.69, 9.17) is 0 Å². The third kappa shape index (κ3) is 3.23. The van der Waals surface area contributed by atoms with Crippen LogP contribution in [-0.2, 0) is 6.54 Å². The van der Waals surface area contributed by atoms with Gasteiger partial charge < -0.3 is 10.4 Å². The molecule has 90 valence electrons. The highest BCUT2D eigenvalue weighted by molar-refractivity contribution is 9.11. The van der Waals surface area contributed by atoms with Gasteiger partial charge in [0.25, 0.3) is 0 Å². The van der Waals surface area contributed by atoms with Crippen LogP contribution in [0.15, 0.2) is 9.85 Å². The second-order valence-corrected chi connectivity index (χ2v) is 7.86. The van der Waals surface area contributed by atoms with E-state index in [1.807, 2.05) is 11.8 Å². The smallest absolute Gasteiger partial charge is 0.0869 e. The Morgan fingerprint density at radius 2 is 2.44 bits per heavy atom. The predicted octanol–water partition coefficient (Wildman–Crippen LogP) is 2.78. The van der Waals surface area contributed by atoms with Crippen LogP contribution in [0.5, 0.6) is 0 Å². The van der Waals surface area contributed by atoms with Gasteiger partial charge >= 0.3 is 0 Å². The molecule has 1 saturated heterocycles. The average molecular weight is 322 g/mol. The van der Waals surface area contributed by atoms with Crippen molar-refractivity contribution >= 4 is 39.0 Å². The third-order valence-electron chi connectivity index (χ3n) is 2.74. The lowest BCUT2D eigenvalue weighted by molar-refractivity contribution is 0.0675. The van der Waals surface area contributed by atoms with Crippen LogP contribution < -0.4 is 5.32 Å². The predicted molar refractivity (Wildman–Crippen MR) is 75.4 cm³/mol. The fourth-order valence-electron chi connectivity index (χ4n) is 1.76. The van der Waals surface area contributed by atoms with Gasteiger partial charge in [-0.25, -0.2) is 0 Å². The van der Waals surface area contributed by atoms with Crippen molar-refractivity contribution in [3.05, 3.63) is 20.3 Å². The number of rotatable bonds is 4. The molecule has 0 radical (unpaired) electrons. The molecule has 0 bridgehead atoms. The molecule has 16 heavy (non-hydrogen) atoms. The Morgan fingerprint density at radius 3 is 3.00 bits per heavy atom. The topological polar surface area (TPSA) is 32.3 Å². The Morgan fingerprint density at radius 1 is 1.62 bits per heavy atom. The third-order valence-corrected chi connectivity index (χ3v) is 6.11. The van der Waals surface area contributed by atoms with E-state index in [0.29, 0.717) is 6.54 Å².